The van der Waals surface area contributed by atoms with Crippen LogP contribution in [0.25, 0.3) is 33.1 Å². The van der Waals surface area contributed by atoms with Gasteiger partial charge in [-0.15, -0.1) is 0 Å². The quantitative estimate of drug-likeness (QED) is 0.0736. The van der Waals surface area contributed by atoms with Crippen molar-refractivity contribution in [3.63, 3.8) is 0 Å². The van der Waals surface area contributed by atoms with Crippen LogP contribution in [-0.2, 0) is 132 Å². The average molecular weight is 2010 g/mol. The average Bonchev–Trinajstić information content (AvgIpc) is 1.60. The van der Waals surface area contributed by atoms with Gasteiger partial charge < -0.3 is 71.7 Å². The summed E-state index contributed by atoms with van der Waals surface area (Å²) in [7, 11) is 4.77. The monoisotopic (exact) mass is 2010 g/mol. The molecule has 741 valence electrons. The smallest absolute Gasteiger partial charge is 0.306 e. The first-order valence-electron chi connectivity index (χ1n) is 49.2. The molecule has 8 bridgehead atoms. The van der Waals surface area contributed by atoms with Crippen LogP contribution in [0.15, 0.2) is 84.9 Å². The number of hydrogen-bond donors (Lipinski definition) is 0. The zero-order valence-corrected chi connectivity index (χ0v) is 85.7. The number of esters is 3. The minimum Gasteiger partial charge on any atom is -0.540 e. The van der Waals surface area contributed by atoms with E-state index in [9.17, 15) is 51.9 Å². The van der Waals surface area contributed by atoms with Gasteiger partial charge in [-0.3, -0.25) is 37.5 Å². The van der Waals surface area contributed by atoms with E-state index in [0.29, 0.717) is 123 Å². The maximum absolute atomic E-state index is 14.7. The fourth-order valence-corrected chi connectivity index (χ4v) is 23.0. The summed E-state index contributed by atoms with van der Waals surface area (Å²) >= 11 is 0. The van der Waals surface area contributed by atoms with Crippen LogP contribution in [-0.4, -0.2) is 208 Å². The number of amides is 3. The first-order valence-corrected chi connectivity index (χ1v) is 49.2. The van der Waals surface area contributed by atoms with E-state index < -0.39 is 113 Å². The van der Waals surface area contributed by atoms with Crippen LogP contribution >= 0.6 is 0 Å². The standard InChI is InChI=1S/C37H44N3O6.C35H45FN3O6.C34H43FN3O6.3V/c1-37(2,3)26-20-33(42)45-31-18-24(31)14-8-5-6-11-15-28-35(39-29-19-25(44-4)16-17-27(29)38-28)46-32-21-40(36(26)43)30(22-41)34(32)23-12-9-7-10-13-23;1-35(2,3)25-16-31(41)45-32-21-11-10-20(14-21)23(32)8-6-5-7-9-27-33(38-28-15-22(43-4)12-13-26(28)37-27)44-30-18-39(34(25)42)29(19-40)24(30)17-36;1-34(2,3)24-15-31(40)43-29-13-19-12-22(19)21(29)8-6-5-7-9-26-32(37-27-14-20(42-4)10-11-25(27)36-26)44-30-17-38(33(24)41)28(18-39)23(30)16-35;;;/h7,9-10,12-13,16-17,19,24,26,30-32,34H,5-6,8,11,14-15,18,20-21H2,1-4H3;12-13,15,20-21,23-25,29-30,32H,5-11,14,16-18H2,1-4H3;10-11,14,19,21-24,28-30H,5-9,12-13,15-17H2,1-4H3;;;/q3*-1;;;/t24-,26-,30-,31-,32+,34+;20-,21+,23-,24+,25-,29-,30+,32-;19?,21-,22?,23+,24-,28-,29-,30+;;;/m111.../s1. The number of aromatic nitrogens is 6. The Balaban J connectivity index is 0.000000173. The Labute approximate surface area is 844 Å². The van der Waals surface area contributed by atoms with E-state index in [0.717, 1.165) is 126 Å². The Morgan fingerprint density at radius 1 is 0.370 bits per heavy atom. The van der Waals surface area contributed by atoms with Gasteiger partial charge >= 0.3 is 17.9 Å². The molecule has 2 unspecified atom stereocenters. The minimum atomic E-state index is -1.15. The second kappa shape index (κ2) is 46.0. The molecule has 4 aromatic carbocycles. The van der Waals surface area contributed by atoms with Gasteiger partial charge in [-0.2, -0.15) is 0 Å². The third-order valence-electron chi connectivity index (χ3n) is 30.9. The van der Waals surface area contributed by atoms with Crippen LogP contribution in [0.1, 0.15) is 232 Å². The summed E-state index contributed by atoms with van der Waals surface area (Å²) in [5.74, 6) is -0.628. The fraction of sp³-hybridized carbons (Fsp3) is 0.632. The number of carbonyl (C=O) groups excluding carboxylic acids is 9. The molecule has 27 nitrogen and oxygen atoms in total. The van der Waals surface area contributed by atoms with E-state index in [1.54, 1.807) is 38.4 Å². The molecule has 0 spiro atoms. The summed E-state index contributed by atoms with van der Waals surface area (Å²) in [5.41, 5.74) is 5.12. The number of carbonyl (C=O) groups is 6. The van der Waals surface area contributed by atoms with E-state index in [4.69, 9.17) is 72.5 Å². The van der Waals surface area contributed by atoms with Gasteiger partial charge in [0.1, 0.15) is 71.0 Å². The van der Waals surface area contributed by atoms with Crippen molar-refractivity contribution in [2.75, 3.05) is 54.3 Å². The van der Waals surface area contributed by atoms with Gasteiger partial charge in [-0.1, -0.05) is 156 Å². The van der Waals surface area contributed by atoms with Crippen LogP contribution in [0.2, 0.25) is 0 Å². The Morgan fingerprint density at radius 2 is 0.754 bits per heavy atom. The molecular weight excluding hydrogens is 1880 g/mol. The molecule has 6 aliphatic heterocycles. The third kappa shape index (κ3) is 24.0. The molecule has 32 heteroatoms. The Morgan fingerprint density at radius 3 is 1.19 bits per heavy atom. The number of alkyl halides is 2. The topological polar surface area (TPSA) is 324 Å². The molecule has 3 saturated heterocycles. The van der Waals surface area contributed by atoms with Crippen LogP contribution in [0, 0.1) is 87.3 Å². The first kappa shape index (κ1) is 106. The van der Waals surface area contributed by atoms with Crippen LogP contribution < -0.4 is 28.4 Å². The summed E-state index contributed by atoms with van der Waals surface area (Å²) in [6.45, 7) is 15.5. The number of hydrogen-bond acceptors (Lipinski definition) is 24. The zero-order chi connectivity index (χ0) is 95.5. The van der Waals surface area contributed by atoms with E-state index in [-0.39, 0.29) is 148 Å². The van der Waals surface area contributed by atoms with E-state index >= 15 is 0 Å². The molecule has 11 aliphatic rings. The molecule has 7 aromatic rings. The number of aryl methyl sites for hydroxylation is 3. The molecule has 5 saturated carbocycles. The van der Waals surface area contributed by atoms with Crippen molar-refractivity contribution in [3.8, 4) is 34.9 Å². The molecule has 22 atom stereocenters. The molecule has 138 heavy (non-hydrogen) atoms. The van der Waals surface area contributed by atoms with Crippen molar-refractivity contribution >= 4 is 87.6 Å². The van der Waals surface area contributed by atoms with Gasteiger partial charge in [0.2, 0.25) is 35.4 Å². The molecule has 0 N–H and O–H groups in total. The number of fused-ring (bicyclic) bond motifs is 21. The summed E-state index contributed by atoms with van der Waals surface area (Å²) < 4.78 is 83.2. The molecule has 8 fully saturated rings. The molecule has 5 aliphatic carbocycles. The molecule has 9 heterocycles. The molecule has 3 amide bonds. The van der Waals surface area contributed by atoms with Gasteiger partial charge in [-0.25, -0.2) is 48.8 Å². The Bertz CT molecular complexity index is 5480. The third-order valence-corrected chi connectivity index (χ3v) is 30.9. The van der Waals surface area contributed by atoms with Crippen molar-refractivity contribution in [1.29, 1.82) is 0 Å². The van der Waals surface area contributed by atoms with Crippen LogP contribution in [0.3, 0.4) is 0 Å². The Hall–Kier alpha value is -8.86. The van der Waals surface area contributed by atoms with Gasteiger partial charge in [0.15, 0.2) is 0 Å². The number of halogens is 2. The Kier molecular flexibility index (Phi) is 35.5. The van der Waals surface area contributed by atoms with Crippen molar-refractivity contribution in [3.05, 3.63) is 108 Å². The second-order valence-corrected chi connectivity index (χ2v) is 42.8. The van der Waals surface area contributed by atoms with E-state index in [1.165, 1.54) is 22.6 Å². The number of benzene rings is 4. The second-order valence-electron chi connectivity index (χ2n) is 42.8. The number of nitrogens with zero attached hydrogens (tertiary/aromatic N) is 9. The summed E-state index contributed by atoms with van der Waals surface area (Å²) in [4.78, 5) is 154. The molecular formula is C106H132F2N9O18V3-3. The minimum absolute atomic E-state index is 0. The van der Waals surface area contributed by atoms with Crippen LogP contribution in [0.4, 0.5) is 8.78 Å². The number of methoxy groups -OCH3 is 3. The molecule has 18 rings (SSSR count). The van der Waals surface area contributed by atoms with E-state index in [1.807, 2.05) is 148 Å². The van der Waals surface area contributed by atoms with Gasteiger partial charge in [0, 0.05) is 91.6 Å². The van der Waals surface area contributed by atoms with Crippen molar-refractivity contribution in [2.24, 2.45) is 87.3 Å². The SMILES string of the molecule is COc1ccc2nc3c(nc2c1)O[C@H]1CN(C(=O)[C@H](C(C)(C)C)CC(=O)O[C@@H]2CC4CC4[C@H]2CCCCC3)[C@H]([C-]=O)[C@@H]1CF.COc1ccc2nc3c(nc2c1)O[C@H]1CN(C(=O)[C@H](C(C)(C)C)CC(=O)O[C@@H]2C[C@H]2CCCCCC3)[C@H]([C-]=O)[C@@H]1c1ccccc1.COc1ccc2nc3c(nc2c1)O[C@H]1CN(C(=O)[C@H](C(C)(C)C)CC(=O)O[C@@H]2[C@H]4CC[C@H](C4)[C@H]2CCCCC3)[C@H]([C-]=O)[C@@H]1CF.[V].[V].[V]. The fourth-order valence-electron chi connectivity index (χ4n) is 23.0. The predicted molar refractivity (Wildman–Crippen MR) is 499 cm³/mol. The first-order chi connectivity index (χ1) is 64.9. The van der Waals surface area contributed by atoms with Gasteiger partial charge in [0.25, 0.3) is 0 Å². The van der Waals surface area contributed by atoms with Crippen molar-refractivity contribution in [2.45, 2.75) is 284 Å². The van der Waals surface area contributed by atoms with Gasteiger partial charge in [-0.05, 0) is 196 Å². The summed E-state index contributed by atoms with van der Waals surface area (Å²) in [5, 5.41) is 0. The number of ether oxygens (including phenoxy) is 9. The maximum Gasteiger partial charge on any atom is 0.306 e. The normalized spacial score (nSPS) is 30.4. The predicted octanol–water partition coefficient (Wildman–Crippen LogP) is 16.4. The zero-order valence-electron chi connectivity index (χ0n) is 81.5. The maximum atomic E-state index is 14.7. The summed E-state index contributed by atoms with van der Waals surface area (Å²) in [6.07, 6.45) is 24.3. The van der Waals surface area contributed by atoms with Crippen molar-refractivity contribution < 1.29 is 150 Å². The largest absolute Gasteiger partial charge is 0.540 e. The van der Waals surface area contributed by atoms with Gasteiger partial charge in [0.05, 0.1) is 124 Å². The van der Waals surface area contributed by atoms with E-state index in [2.05, 4.69) is 6.29 Å². The summed E-state index contributed by atoms with van der Waals surface area (Å²) in [6, 6.07) is 22.9. The van der Waals surface area contributed by atoms with Crippen LogP contribution in [0.5, 0.6) is 34.9 Å². The number of rotatable bonds is 9. The molecule has 3 aromatic heterocycles. The molecule has 3 radical (unpaired) electrons. The van der Waals surface area contributed by atoms with Crippen molar-refractivity contribution in [1.82, 2.24) is 44.6 Å².